The third-order valence-electron chi connectivity index (χ3n) is 3.49. The molecule has 3 rings (SSSR count). The molecule has 1 aromatic rings. The van der Waals surface area contributed by atoms with Crippen molar-refractivity contribution in [3.8, 4) is 0 Å². The van der Waals surface area contributed by atoms with Gasteiger partial charge in [0.1, 0.15) is 0 Å². The monoisotopic (exact) mass is 275 g/mol. The van der Waals surface area contributed by atoms with Crippen molar-refractivity contribution in [2.45, 2.75) is 25.7 Å². The van der Waals surface area contributed by atoms with Crippen LogP contribution >= 0.6 is 11.6 Å². The van der Waals surface area contributed by atoms with E-state index in [1.165, 1.54) is 12.8 Å². The summed E-state index contributed by atoms with van der Waals surface area (Å²) >= 11 is 5.92. The van der Waals surface area contributed by atoms with Gasteiger partial charge in [-0.1, -0.05) is 36.6 Å². The van der Waals surface area contributed by atoms with E-state index < -0.39 is 0 Å². The topological polar surface area (TPSA) is 38.7 Å². The highest BCUT2D eigenvalue weighted by atomic mass is 35.5. The molecule has 1 aromatic carbocycles. The first kappa shape index (κ1) is 12.4. The molecule has 4 heteroatoms. The summed E-state index contributed by atoms with van der Waals surface area (Å²) in [7, 11) is 0. The molecule has 0 spiro atoms. The van der Waals surface area contributed by atoms with Gasteiger partial charge in [-0.3, -0.25) is 0 Å². The minimum Gasteiger partial charge on any atom is -0.406 e. The lowest BCUT2D eigenvalue weighted by molar-refractivity contribution is -0.130. The predicted octanol–water partition coefficient (Wildman–Crippen LogP) is 3.83. The summed E-state index contributed by atoms with van der Waals surface area (Å²) in [4.78, 5) is 16.1. The van der Waals surface area contributed by atoms with Crippen LogP contribution < -0.4 is 0 Å². The molecular formula is C15H14ClNO2. The number of rotatable bonds is 2. The van der Waals surface area contributed by atoms with Crippen molar-refractivity contribution >= 4 is 29.5 Å². The summed E-state index contributed by atoms with van der Waals surface area (Å²) < 4.78 is 5.27. The maximum absolute atomic E-state index is 11.8. The second-order valence-electron chi connectivity index (χ2n) is 4.91. The lowest BCUT2D eigenvalue weighted by Gasteiger charge is -2.05. The third-order valence-corrected chi connectivity index (χ3v) is 3.73. The number of aliphatic imine (C=N–C) groups is 1. The molecule has 1 fully saturated rings. The van der Waals surface area contributed by atoms with Gasteiger partial charge in [0.05, 0.1) is 0 Å². The van der Waals surface area contributed by atoms with Crippen molar-refractivity contribution in [2.24, 2.45) is 10.9 Å². The van der Waals surface area contributed by atoms with E-state index in [0.717, 1.165) is 18.4 Å². The van der Waals surface area contributed by atoms with Crippen LogP contribution in [0.2, 0.25) is 5.02 Å². The molecule has 1 aliphatic carbocycles. The second-order valence-corrected chi connectivity index (χ2v) is 5.34. The summed E-state index contributed by atoms with van der Waals surface area (Å²) in [5.41, 5.74) is 1.22. The van der Waals surface area contributed by atoms with E-state index in [4.69, 9.17) is 16.3 Å². The molecule has 0 N–H and O–H groups in total. The number of cyclic esters (lactones) is 1. The summed E-state index contributed by atoms with van der Waals surface area (Å²) in [5.74, 6) is 0.548. The van der Waals surface area contributed by atoms with Crippen LogP contribution in [0.25, 0.3) is 6.08 Å². The van der Waals surface area contributed by atoms with Gasteiger partial charge in [-0.2, -0.15) is 0 Å². The van der Waals surface area contributed by atoms with E-state index in [-0.39, 0.29) is 5.97 Å². The fourth-order valence-corrected chi connectivity index (χ4v) is 2.73. The lowest BCUT2D eigenvalue weighted by Crippen LogP contribution is -2.12. The maximum Gasteiger partial charge on any atom is 0.363 e. The van der Waals surface area contributed by atoms with Crippen molar-refractivity contribution in [2.75, 3.05) is 0 Å². The molecular weight excluding hydrogens is 262 g/mol. The van der Waals surface area contributed by atoms with Crippen molar-refractivity contribution in [1.29, 1.82) is 0 Å². The fraction of sp³-hybridized carbons (Fsp3) is 0.333. The predicted molar refractivity (Wildman–Crippen MR) is 74.9 cm³/mol. The normalized spacial score (nSPS) is 21.8. The van der Waals surface area contributed by atoms with Crippen molar-refractivity contribution in [3.63, 3.8) is 0 Å². The van der Waals surface area contributed by atoms with Gasteiger partial charge in [-0.05, 0) is 36.6 Å². The van der Waals surface area contributed by atoms with E-state index in [0.29, 0.717) is 22.5 Å². The van der Waals surface area contributed by atoms with Crippen LogP contribution in [0.3, 0.4) is 0 Å². The van der Waals surface area contributed by atoms with Gasteiger partial charge in [0, 0.05) is 10.9 Å². The number of esters is 1. The number of halogens is 1. The Balaban J connectivity index is 1.85. The number of nitrogens with zero attached hydrogens (tertiary/aromatic N) is 1. The van der Waals surface area contributed by atoms with Crippen LogP contribution in [0.15, 0.2) is 35.0 Å². The Morgan fingerprint density at radius 1 is 1.32 bits per heavy atom. The van der Waals surface area contributed by atoms with Gasteiger partial charge < -0.3 is 4.74 Å². The van der Waals surface area contributed by atoms with Crippen LogP contribution in [-0.2, 0) is 9.53 Å². The Hall–Kier alpha value is -1.61. The third kappa shape index (κ3) is 2.71. The number of benzene rings is 1. The van der Waals surface area contributed by atoms with Crippen LogP contribution in [0.1, 0.15) is 31.2 Å². The molecule has 0 radical (unpaired) electrons. The van der Waals surface area contributed by atoms with E-state index >= 15 is 0 Å². The summed E-state index contributed by atoms with van der Waals surface area (Å²) in [6.45, 7) is 0. The molecule has 1 heterocycles. The summed E-state index contributed by atoms with van der Waals surface area (Å²) in [5, 5.41) is 0.640. The molecule has 0 saturated heterocycles. The Labute approximate surface area is 116 Å². The summed E-state index contributed by atoms with van der Waals surface area (Å²) in [6, 6.07) is 7.32. The van der Waals surface area contributed by atoms with E-state index in [1.807, 2.05) is 12.1 Å². The first-order valence-electron chi connectivity index (χ1n) is 6.50. The average molecular weight is 276 g/mol. The highest BCUT2D eigenvalue weighted by molar-refractivity contribution is 6.30. The van der Waals surface area contributed by atoms with Gasteiger partial charge in [0.25, 0.3) is 0 Å². The molecule has 0 amide bonds. The number of carbonyl (C=O) groups is 1. The van der Waals surface area contributed by atoms with Crippen LogP contribution in [0, 0.1) is 5.92 Å². The van der Waals surface area contributed by atoms with Crippen LogP contribution in [0.5, 0.6) is 0 Å². The maximum atomic E-state index is 11.8. The molecule has 98 valence electrons. The zero-order valence-corrected chi connectivity index (χ0v) is 11.2. The van der Waals surface area contributed by atoms with Gasteiger partial charge in [0.2, 0.25) is 5.90 Å². The van der Waals surface area contributed by atoms with Crippen LogP contribution in [0.4, 0.5) is 0 Å². The van der Waals surface area contributed by atoms with E-state index in [1.54, 1.807) is 18.2 Å². The Bertz CT molecular complexity index is 571. The molecule has 1 saturated carbocycles. The number of hydrogen-bond donors (Lipinski definition) is 0. The molecule has 0 unspecified atom stereocenters. The Morgan fingerprint density at radius 3 is 2.84 bits per heavy atom. The quantitative estimate of drug-likeness (QED) is 0.608. The molecule has 3 nitrogen and oxygen atoms in total. The zero-order chi connectivity index (χ0) is 13.2. The molecule has 1 aliphatic heterocycles. The summed E-state index contributed by atoms with van der Waals surface area (Å²) in [6.07, 6.45) is 6.23. The van der Waals surface area contributed by atoms with E-state index in [2.05, 4.69) is 4.99 Å². The van der Waals surface area contributed by atoms with Gasteiger partial charge in [-0.15, -0.1) is 0 Å². The molecule has 0 bridgehead atoms. The van der Waals surface area contributed by atoms with Gasteiger partial charge in [0.15, 0.2) is 5.70 Å². The average Bonchev–Trinajstić information content (AvgIpc) is 3.00. The first-order valence-corrected chi connectivity index (χ1v) is 6.88. The van der Waals surface area contributed by atoms with E-state index in [9.17, 15) is 4.79 Å². The van der Waals surface area contributed by atoms with Crippen molar-refractivity contribution in [1.82, 2.24) is 0 Å². The molecule has 0 atom stereocenters. The van der Waals surface area contributed by atoms with Gasteiger partial charge in [-0.25, -0.2) is 9.79 Å². The number of carbonyl (C=O) groups excluding carboxylic acids is 1. The highest BCUT2D eigenvalue weighted by Crippen LogP contribution is 2.30. The number of hydrogen-bond acceptors (Lipinski definition) is 3. The minimum absolute atomic E-state index is 0.314. The standard InChI is InChI=1S/C15H14ClNO2/c16-12-7-3-4-10(8-12)9-13-15(18)19-14(17-13)11-5-1-2-6-11/h3-4,7-9,11H,1-2,5-6H2/b13-9+. The Kier molecular flexibility index (Phi) is 3.38. The molecule has 0 aromatic heterocycles. The highest BCUT2D eigenvalue weighted by Gasteiger charge is 2.30. The van der Waals surface area contributed by atoms with Crippen molar-refractivity contribution < 1.29 is 9.53 Å². The second kappa shape index (κ2) is 5.17. The number of ether oxygens (including phenoxy) is 1. The van der Waals surface area contributed by atoms with Crippen molar-refractivity contribution in [3.05, 3.63) is 40.5 Å². The Morgan fingerprint density at radius 2 is 2.11 bits per heavy atom. The first-order chi connectivity index (χ1) is 9.22. The largest absolute Gasteiger partial charge is 0.406 e. The lowest BCUT2D eigenvalue weighted by atomic mass is 10.1. The minimum atomic E-state index is -0.359. The van der Waals surface area contributed by atoms with Crippen LogP contribution in [-0.4, -0.2) is 11.9 Å². The molecule has 2 aliphatic rings. The SMILES string of the molecule is O=C1OC(C2CCCC2)=N/C1=C/c1cccc(Cl)c1. The molecule has 19 heavy (non-hydrogen) atoms. The smallest absolute Gasteiger partial charge is 0.363 e. The fourth-order valence-electron chi connectivity index (χ4n) is 2.53. The van der Waals surface area contributed by atoms with Gasteiger partial charge >= 0.3 is 5.97 Å². The zero-order valence-electron chi connectivity index (χ0n) is 10.4.